The number of carbonyl (C=O) groups is 4. The lowest BCUT2D eigenvalue weighted by Crippen LogP contribution is -2.32. The molecule has 0 aliphatic rings. The zero-order valence-electron chi connectivity index (χ0n) is 31.0. The minimum absolute atomic E-state index is 0.0449. The lowest BCUT2D eigenvalue weighted by atomic mass is 10.0. The fraction of sp³-hybridized carbons (Fsp3) is 0.900. The van der Waals surface area contributed by atoms with E-state index in [1.54, 1.807) is 6.92 Å². The van der Waals surface area contributed by atoms with Gasteiger partial charge in [-0.2, -0.15) is 0 Å². The Hall–Kier alpha value is -1.92. The minimum Gasteiger partial charge on any atom is -0.462 e. The van der Waals surface area contributed by atoms with E-state index in [0.717, 1.165) is 38.5 Å². The van der Waals surface area contributed by atoms with Crippen molar-refractivity contribution in [2.45, 2.75) is 213 Å². The molecule has 0 fully saturated rings. The second-order valence-electron chi connectivity index (χ2n) is 13.7. The lowest BCUT2D eigenvalue weighted by molar-refractivity contribution is -0.169. The summed E-state index contributed by atoms with van der Waals surface area (Å²) in [6.07, 6.45) is 32.6. The van der Waals surface area contributed by atoms with Gasteiger partial charge in [0.05, 0.1) is 5.92 Å². The molecule has 7 heteroatoms. The summed E-state index contributed by atoms with van der Waals surface area (Å²) < 4.78 is 16.2. The van der Waals surface area contributed by atoms with Crippen LogP contribution in [0.1, 0.15) is 207 Å². The van der Waals surface area contributed by atoms with Crippen LogP contribution in [0.3, 0.4) is 0 Å². The molecule has 0 aliphatic carbocycles. The molecule has 1 atom stereocenters. The predicted octanol–water partition coefficient (Wildman–Crippen LogP) is 11.2. The van der Waals surface area contributed by atoms with Crippen molar-refractivity contribution < 1.29 is 33.4 Å². The van der Waals surface area contributed by atoms with Crippen LogP contribution in [-0.4, -0.2) is 43.5 Å². The molecular weight excluding hydrogens is 592 g/mol. The molecule has 1 unspecified atom stereocenters. The van der Waals surface area contributed by atoms with Crippen molar-refractivity contribution in [3.05, 3.63) is 0 Å². The van der Waals surface area contributed by atoms with E-state index in [-0.39, 0.29) is 31.6 Å². The Morgan fingerprint density at radius 3 is 1.09 bits per heavy atom. The molecule has 47 heavy (non-hydrogen) atoms. The highest BCUT2D eigenvalue weighted by Gasteiger charge is 2.23. The van der Waals surface area contributed by atoms with Crippen molar-refractivity contribution in [2.24, 2.45) is 5.92 Å². The maximum atomic E-state index is 12.4. The van der Waals surface area contributed by atoms with Gasteiger partial charge in [0.25, 0.3) is 0 Å². The van der Waals surface area contributed by atoms with Crippen molar-refractivity contribution in [3.8, 4) is 0 Å². The Morgan fingerprint density at radius 2 is 0.787 bits per heavy atom. The number of rotatable bonds is 36. The summed E-state index contributed by atoms with van der Waals surface area (Å²) >= 11 is 0. The summed E-state index contributed by atoms with van der Waals surface area (Å²) in [6.45, 7) is 5.78. The van der Waals surface area contributed by atoms with E-state index in [2.05, 4.69) is 13.8 Å². The second kappa shape index (κ2) is 35.4. The lowest BCUT2D eigenvalue weighted by Gasteiger charge is -2.19. The first-order valence-electron chi connectivity index (χ1n) is 19.9. The Balaban J connectivity index is 4.10. The molecule has 0 rings (SSSR count). The van der Waals surface area contributed by atoms with Crippen LogP contribution < -0.4 is 0 Å². The van der Waals surface area contributed by atoms with Crippen LogP contribution in [0.25, 0.3) is 0 Å². The Bertz CT molecular complexity index is 692. The fourth-order valence-electron chi connectivity index (χ4n) is 5.73. The van der Waals surface area contributed by atoms with E-state index < -0.39 is 18.0 Å². The van der Waals surface area contributed by atoms with Gasteiger partial charge < -0.3 is 19.0 Å². The number of hydrogen-bond donors (Lipinski definition) is 0. The zero-order valence-corrected chi connectivity index (χ0v) is 31.0. The smallest absolute Gasteiger partial charge is 0.309 e. The molecule has 0 aromatic heterocycles. The van der Waals surface area contributed by atoms with E-state index >= 15 is 0 Å². The van der Waals surface area contributed by atoms with E-state index in [9.17, 15) is 19.2 Å². The molecule has 0 N–H and O–H groups in total. The Labute approximate surface area is 289 Å². The quantitative estimate of drug-likeness (QED) is 0.0284. The second-order valence-corrected chi connectivity index (χ2v) is 13.7. The molecule has 0 radical (unpaired) electrons. The van der Waals surface area contributed by atoms with Crippen LogP contribution in [0.15, 0.2) is 0 Å². The van der Waals surface area contributed by atoms with Crippen LogP contribution in [0.4, 0.5) is 0 Å². The molecule has 0 aromatic carbocycles. The van der Waals surface area contributed by atoms with Gasteiger partial charge in [-0.1, -0.05) is 175 Å². The number of unbranched alkanes of at least 4 members (excludes halogenated alkanes) is 24. The summed E-state index contributed by atoms with van der Waals surface area (Å²) in [5, 5.41) is 0. The highest BCUT2D eigenvalue weighted by atomic mass is 16.6. The average Bonchev–Trinajstić information content (AvgIpc) is 3.06. The van der Waals surface area contributed by atoms with Gasteiger partial charge in [0.1, 0.15) is 19.5 Å². The third-order valence-corrected chi connectivity index (χ3v) is 8.96. The van der Waals surface area contributed by atoms with Gasteiger partial charge in [-0.25, -0.2) is 0 Å². The average molecular weight is 667 g/mol. The first-order chi connectivity index (χ1) is 22.9. The fourth-order valence-corrected chi connectivity index (χ4v) is 5.73. The highest BCUT2D eigenvalue weighted by Crippen LogP contribution is 2.15. The monoisotopic (exact) mass is 667 g/mol. The third-order valence-electron chi connectivity index (χ3n) is 8.96. The molecule has 7 nitrogen and oxygen atoms in total. The minimum atomic E-state index is -0.886. The predicted molar refractivity (Wildman–Crippen MR) is 192 cm³/mol. The molecule has 0 aliphatic heterocycles. The Kier molecular flexibility index (Phi) is 33.9. The van der Waals surface area contributed by atoms with Gasteiger partial charge in [0.15, 0.2) is 6.10 Å². The highest BCUT2D eigenvalue weighted by molar-refractivity contribution is 5.75. The summed E-state index contributed by atoms with van der Waals surface area (Å²) in [5.41, 5.74) is 0. The van der Waals surface area contributed by atoms with E-state index in [0.29, 0.717) is 19.1 Å². The van der Waals surface area contributed by atoms with Gasteiger partial charge in [-0.15, -0.1) is 0 Å². The summed E-state index contributed by atoms with van der Waals surface area (Å²) in [6, 6.07) is 0. The molecule has 0 heterocycles. The molecule has 0 amide bonds. The first-order valence-corrected chi connectivity index (χ1v) is 19.9. The van der Waals surface area contributed by atoms with Crippen LogP contribution in [0.2, 0.25) is 0 Å². The standard InChI is InChI=1S/C40H74O7/c1-4-6-8-10-12-14-16-18-20-22-24-26-28-30-38(42)45-34-37(47-40(44)36(3)32-33-41)35-46-39(43)31-29-27-25-23-21-19-17-15-13-11-9-7-5-2/h33,36-37H,4-32,34-35H2,1-3H3. The Morgan fingerprint density at radius 1 is 0.489 bits per heavy atom. The molecule has 276 valence electrons. The molecular formula is C40H74O7. The number of aldehydes is 1. The van der Waals surface area contributed by atoms with E-state index in [4.69, 9.17) is 14.2 Å². The molecule has 0 bridgehead atoms. The van der Waals surface area contributed by atoms with Gasteiger partial charge in [0.2, 0.25) is 0 Å². The van der Waals surface area contributed by atoms with Crippen molar-refractivity contribution in [2.75, 3.05) is 13.2 Å². The van der Waals surface area contributed by atoms with Crippen LogP contribution >= 0.6 is 0 Å². The summed E-state index contributed by atoms with van der Waals surface area (Å²) in [5.74, 6) is -1.86. The number of carbonyl (C=O) groups excluding carboxylic acids is 4. The van der Waals surface area contributed by atoms with Gasteiger partial charge >= 0.3 is 17.9 Å². The topological polar surface area (TPSA) is 96.0 Å². The molecule has 0 spiro atoms. The normalized spacial score (nSPS) is 11.8. The SMILES string of the molecule is CCCCCCCCCCCCCCCC(=O)OCC(COC(=O)CCCCCCCCCCCCCCC)OC(=O)C(C)CC=O. The van der Waals surface area contributed by atoms with Crippen molar-refractivity contribution in [3.63, 3.8) is 0 Å². The van der Waals surface area contributed by atoms with Crippen LogP contribution in [-0.2, 0) is 33.4 Å². The van der Waals surface area contributed by atoms with Crippen LogP contribution in [0.5, 0.6) is 0 Å². The van der Waals surface area contributed by atoms with Crippen LogP contribution in [0, 0.1) is 5.92 Å². The number of hydrogen-bond acceptors (Lipinski definition) is 7. The van der Waals surface area contributed by atoms with Crippen molar-refractivity contribution in [1.82, 2.24) is 0 Å². The maximum Gasteiger partial charge on any atom is 0.309 e. The number of esters is 3. The maximum absolute atomic E-state index is 12.4. The van der Waals surface area contributed by atoms with Crippen molar-refractivity contribution in [1.29, 1.82) is 0 Å². The first kappa shape index (κ1) is 45.1. The van der Waals surface area contributed by atoms with Gasteiger partial charge in [-0.05, 0) is 12.8 Å². The van der Waals surface area contributed by atoms with E-state index in [1.165, 1.54) is 128 Å². The molecule has 0 saturated heterocycles. The van der Waals surface area contributed by atoms with Crippen molar-refractivity contribution >= 4 is 24.2 Å². The molecule has 0 aromatic rings. The van der Waals surface area contributed by atoms with Gasteiger partial charge in [-0.3, -0.25) is 14.4 Å². The van der Waals surface area contributed by atoms with Gasteiger partial charge in [0, 0.05) is 19.3 Å². The number of ether oxygens (including phenoxy) is 3. The molecule has 0 saturated carbocycles. The summed E-state index contributed by atoms with van der Waals surface area (Å²) in [7, 11) is 0. The largest absolute Gasteiger partial charge is 0.462 e. The summed E-state index contributed by atoms with van der Waals surface area (Å²) in [4.78, 5) is 47.9. The third kappa shape index (κ3) is 32.4. The zero-order chi connectivity index (χ0) is 34.6. The van der Waals surface area contributed by atoms with E-state index in [1.807, 2.05) is 0 Å².